The first-order chi connectivity index (χ1) is 16.2. The molecule has 1 atom stereocenters. The van der Waals surface area contributed by atoms with Gasteiger partial charge in [0.05, 0.1) is 29.8 Å². The Morgan fingerprint density at radius 2 is 1.57 bits per heavy atom. The highest BCUT2D eigenvalue weighted by Crippen LogP contribution is 2.45. The van der Waals surface area contributed by atoms with E-state index >= 15 is 0 Å². The molecule has 4 nitrogen and oxygen atoms in total. The summed E-state index contributed by atoms with van der Waals surface area (Å²) in [6.45, 7) is 5.06. The lowest BCUT2D eigenvalue weighted by Gasteiger charge is -2.45. The summed E-state index contributed by atoms with van der Waals surface area (Å²) in [5.41, 5.74) is -4.69. The SMILES string of the molecule is COc1cc(C(F)(F)F)cc(C(F)(F)F)c1C(=O)N(Cl)C(c1ccccc1)C(C)(C)N1CCCC1. The van der Waals surface area contributed by atoms with E-state index in [-0.39, 0.29) is 6.07 Å². The van der Waals surface area contributed by atoms with E-state index < -0.39 is 52.3 Å². The number of carbonyl (C=O) groups is 1. The number of benzene rings is 2. The highest BCUT2D eigenvalue weighted by Gasteiger charge is 2.46. The summed E-state index contributed by atoms with van der Waals surface area (Å²) >= 11 is 6.52. The molecule has 2 aromatic carbocycles. The largest absolute Gasteiger partial charge is 0.496 e. The number of amides is 1. The molecule has 0 N–H and O–H groups in total. The number of rotatable bonds is 6. The maximum Gasteiger partial charge on any atom is 0.417 e. The quantitative estimate of drug-likeness (QED) is 0.304. The number of alkyl halides is 6. The summed E-state index contributed by atoms with van der Waals surface area (Å²) < 4.78 is 87.1. The number of nitrogens with zero attached hydrogens (tertiary/aromatic N) is 2. The molecular formula is C24H25ClF6N2O2. The van der Waals surface area contributed by atoms with Gasteiger partial charge >= 0.3 is 12.4 Å². The molecule has 0 radical (unpaired) electrons. The molecular weight excluding hydrogens is 498 g/mol. The van der Waals surface area contributed by atoms with Gasteiger partial charge in [0.15, 0.2) is 0 Å². The van der Waals surface area contributed by atoms with E-state index in [0.29, 0.717) is 29.1 Å². The standard InChI is InChI=1S/C24H25ClF6N2O2/c1-22(2,32-11-7-8-12-32)20(15-9-5-4-6-10-15)33(25)21(34)19-17(24(29,30)31)13-16(23(26,27)28)14-18(19)35-3/h4-6,9-10,13-14,20H,7-8,11-12H2,1-3H3. The maximum atomic E-state index is 13.9. The molecule has 35 heavy (non-hydrogen) atoms. The zero-order valence-electron chi connectivity index (χ0n) is 19.3. The molecule has 192 valence electrons. The first-order valence-corrected chi connectivity index (χ1v) is 11.2. The summed E-state index contributed by atoms with van der Waals surface area (Å²) in [5, 5.41) is 0. The number of likely N-dealkylation sites (tertiary alicyclic amines) is 1. The Bertz CT molecular complexity index is 1050. The summed E-state index contributed by atoms with van der Waals surface area (Å²) in [6.07, 6.45) is -8.54. The summed E-state index contributed by atoms with van der Waals surface area (Å²) in [5.74, 6) is -2.18. The Balaban J connectivity index is 2.18. The minimum atomic E-state index is -5.27. The summed E-state index contributed by atoms with van der Waals surface area (Å²) in [4.78, 5) is 15.6. The monoisotopic (exact) mass is 522 g/mol. The van der Waals surface area contributed by atoms with Gasteiger partial charge in [-0.05, 0) is 57.5 Å². The van der Waals surface area contributed by atoms with Gasteiger partial charge in [0.1, 0.15) is 5.75 Å². The first kappa shape index (κ1) is 27.1. The van der Waals surface area contributed by atoms with Gasteiger partial charge in [0.2, 0.25) is 0 Å². The van der Waals surface area contributed by atoms with E-state index in [2.05, 4.69) is 4.90 Å². The van der Waals surface area contributed by atoms with Gasteiger partial charge in [-0.1, -0.05) is 30.3 Å². The van der Waals surface area contributed by atoms with Crippen molar-refractivity contribution in [2.45, 2.75) is 50.6 Å². The van der Waals surface area contributed by atoms with E-state index in [0.717, 1.165) is 20.0 Å². The van der Waals surface area contributed by atoms with Crippen LogP contribution in [0.15, 0.2) is 42.5 Å². The molecule has 0 aromatic heterocycles. The zero-order valence-corrected chi connectivity index (χ0v) is 20.1. The van der Waals surface area contributed by atoms with Crippen LogP contribution in [0.25, 0.3) is 0 Å². The molecule has 2 aromatic rings. The second-order valence-corrected chi connectivity index (χ2v) is 9.24. The molecule has 0 saturated carbocycles. The van der Waals surface area contributed by atoms with E-state index in [4.69, 9.17) is 16.5 Å². The van der Waals surface area contributed by atoms with Crippen LogP contribution in [0, 0.1) is 0 Å². The first-order valence-electron chi connectivity index (χ1n) is 10.9. The van der Waals surface area contributed by atoms with Crippen LogP contribution in [0.2, 0.25) is 0 Å². The number of methoxy groups -OCH3 is 1. The molecule has 0 aliphatic carbocycles. The van der Waals surface area contributed by atoms with Crippen LogP contribution in [0.5, 0.6) is 5.75 Å². The van der Waals surface area contributed by atoms with Crippen molar-refractivity contribution in [3.8, 4) is 5.75 Å². The van der Waals surface area contributed by atoms with Crippen molar-refractivity contribution in [3.05, 3.63) is 64.7 Å². The fourth-order valence-corrected chi connectivity index (χ4v) is 4.96. The topological polar surface area (TPSA) is 32.8 Å². The normalized spacial score (nSPS) is 16.3. The van der Waals surface area contributed by atoms with Gasteiger partial charge in [-0.25, -0.2) is 4.42 Å². The highest BCUT2D eigenvalue weighted by molar-refractivity contribution is 6.25. The third kappa shape index (κ3) is 5.53. The molecule has 1 unspecified atom stereocenters. The lowest BCUT2D eigenvalue weighted by molar-refractivity contribution is -0.143. The van der Waals surface area contributed by atoms with E-state index in [1.165, 1.54) is 0 Å². The van der Waals surface area contributed by atoms with Crippen LogP contribution in [0.1, 0.15) is 59.8 Å². The molecule has 1 saturated heterocycles. The summed E-state index contributed by atoms with van der Waals surface area (Å²) in [6, 6.07) is 7.89. The average molecular weight is 523 g/mol. The minimum absolute atomic E-state index is 0.0936. The van der Waals surface area contributed by atoms with Gasteiger partial charge in [-0.2, -0.15) is 26.3 Å². The molecule has 1 aliphatic heterocycles. The molecule has 0 bridgehead atoms. The third-order valence-electron chi connectivity index (χ3n) is 6.29. The highest BCUT2D eigenvalue weighted by atomic mass is 35.5. The van der Waals surface area contributed by atoms with Crippen LogP contribution in [-0.2, 0) is 12.4 Å². The zero-order chi connectivity index (χ0) is 26.2. The van der Waals surface area contributed by atoms with Gasteiger partial charge in [-0.15, -0.1) is 0 Å². The molecule has 11 heteroatoms. The van der Waals surface area contributed by atoms with Crippen molar-refractivity contribution >= 4 is 17.7 Å². The van der Waals surface area contributed by atoms with Gasteiger partial charge in [0.25, 0.3) is 5.91 Å². The molecule has 3 rings (SSSR count). The predicted molar refractivity (Wildman–Crippen MR) is 119 cm³/mol. The average Bonchev–Trinajstić information content (AvgIpc) is 3.33. The second-order valence-electron chi connectivity index (χ2n) is 8.87. The maximum absolute atomic E-state index is 13.9. The van der Waals surface area contributed by atoms with Crippen molar-refractivity contribution in [2.75, 3.05) is 20.2 Å². The molecule has 0 spiro atoms. The molecule has 1 amide bonds. The van der Waals surface area contributed by atoms with Crippen molar-refractivity contribution in [1.29, 1.82) is 0 Å². The number of hydrogen-bond donors (Lipinski definition) is 0. The van der Waals surface area contributed by atoms with Crippen LogP contribution in [-0.4, -0.2) is 41.0 Å². The van der Waals surface area contributed by atoms with Crippen LogP contribution >= 0.6 is 11.8 Å². The van der Waals surface area contributed by atoms with Gasteiger partial charge in [-0.3, -0.25) is 9.69 Å². The van der Waals surface area contributed by atoms with Crippen molar-refractivity contribution in [2.24, 2.45) is 0 Å². The number of carbonyl (C=O) groups excluding carboxylic acids is 1. The van der Waals surface area contributed by atoms with Crippen LogP contribution in [0.3, 0.4) is 0 Å². The van der Waals surface area contributed by atoms with Crippen LogP contribution < -0.4 is 4.74 Å². The van der Waals surface area contributed by atoms with Crippen molar-refractivity contribution in [3.63, 3.8) is 0 Å². The third-order valence-corrected chi connectivity index (χ3v) is 6.64. The Hall–Kier alpha value is -2.46. The van der Waals surface area contributed by atoms with E-state index in [1.807, 2.05) is 13.8 Å². The smallest absolute Gasteiger partial charge is 0.417 e. The Morgan fingerprint density at radius 3 is 2.06 bits per heavy atom. The van der Waals surface area contributed by atoms with E-state index in [9.17, 15) is 31.1 Å². The molecule has 1 aliphatic rings. The summed E-state index contributed by atoms with van der Waals surface area (Å²) in [7, 11) is 0.897. The molecule has 1 fully saturated rings. The minimum Gasteiger partial charge on any atom is -0.496 e. The second kappa shape index (κ2) is 9.89. The molecule has 1 heterocycles. The fraction of sp³-hybridized carbons (Fsp3) is 0.458. The Labute approximate surface area is 204 Å². The lowest BCUT2D eigenvalue weighted by Crippen LogP contribution is -2.52. The van der Waals surface area contributed by atoms with Crippen LogP contribution in [0.4, 0.5) is 26.3 Å². The van der Waals surface area contributed by atoms with Crippen molar-refractivity contribution < 1.29 is 35.9 Å². The Morgan fingerprint density at radius 1 is 1.00 bits per heavy atom. The lowest BCUT2D eigenvalue weighted by atomic mass is 9.86. The predicted octanol–water partition coefficient (Wildman–Crippen LogP) is 6.94. The number of hydrogen-bond acceptors (Lipinski definition) is 3. The Kier molecular flexibility index (Phi) is 7.67. The van der Waals surface area contributed by atoms with Gasteiger partial charge < -0.3 is 4.74 Å². The van der Waals surface area contributed by atoms with Gasteiger partial charge in [0, 0.05) is 17.3 Å². The van der Waals surface area contributed by atoms with Crippen molar-refractivity contribution in [1.82, 2.24) is 9.32 Å². The van der Waals surface area contributed by atoms with E-state index in [1.54, 1.807) is 30.3 Å². The number of halogens is 7. The number of ether oxygens (including phenoxy) is 1. The fourth-order valence-electron chi connectivity index (χ4n) is 4.53.